The van der Waals surface area contributed by atoms with Crippen LogP contribution in [0.1, 0.15) is 9.27 Å². The van der Waals surface area contributed by atoms with E-state index in [0.29, 0.717) is 6.42 Å². The molecule has 0 aliphatic carbocycles. The number of hydrogen-bond donors (Lipinski definition) is 2. The Bertz CT molecular complexity index is 113. The van der Waals surface area contributed by atoms with Gasteiger partial charge in [0.15, 0.2) is 0 Å². The molecule has 0 radical (unpaired) electrons. The first kappa shape index (κ1) is 19.6. The van der Waals surface area contributed by atoms with Crippen LogP contribution in [-0.2, 0) is 4.79 Å². The number of thioether (sulfide) groups is 1. The first-order chi connectivity index (χ1) is 4.18. The molecule has 0 rings (SSSR count). The molecule has 11 heavy (non-hydrogen) atoms. The first-order valence-corrected chi connectivity index (χ1v) is 4.05. The fourth-order valence-corrected chi connectivity index (χ4v) is 0.858. The van der Waals surface area contributed by atoms with Crippen LogP contribution >= 0.6 is 11.8 Å². The minimum Gasteiger partial charge on any atom is -1.00 e. The van der Waals surface area contributed by atoms with Crippen molar-refractivity contribution in [1.29, 1.82) is 0 Å². The van der Waals surface area contributed by atoms with E-state index in [2.05, 4.69) is 0 Å². The van der Waals surface area contributed by atoms with Crippen molar-refractivity contribution in [2.75, 3.05) is 12.0 Å². The molecule has 0 aromatic heterocycles. The van der Waals surface area contributed by atoms with Gasteiger partial charge >= 0.3 is 109 Å². The zero-order chi connectivity index (χ0) is 7.28. The van der Waals surface area contributed by atoms with Crippen molar-refractivity contribution in [3.63, 3.8) is 0 Å². The van der Waals surface area contributed by atoms with Gasteiger partial charge in [0.05, 0.1) is 0 Å². The van der Waals surface area contributed by atoms with Crippen LogP contribution in [0.4, 0.5) is 0 Å². The molecule has 0 bridgehead atoms. The van der Waals surface area contributed by atoms with E-state index in [0.717, 1.165) is 5.75 Å². The Balaban J connectivity index is -0.0000000533. The second-order valence-corrected chi connectivity index (χ2v) is 2.71. The predicted octanol–water partition coefficient (Wildman–Crippen LogP) is -5.62. The molecule has 0 aliphatic rings. The van der Waals surface area contributed by atoms with E-state index in [1.165, 1.54) is 0 Å². The van der Waals surface area contributed by atoms with Crippen LogP contribution in [0.25, 0.3) is 0 Å². The van der Waals surface area contributed by atoms with Gasteiger partial charge in [0, 0.05) is 0 Å². The van der Waals surface area contributed by atoms with Gasteiger partial charge in [-0.1, -0.05) is 0 Å². The van der Waals surface area contributed by atoms with Crippen molar-refractivity contribution in [1.82, 2.24) is 0 Å². The van der Waals surface area contributed by atoms with Crippen LogP contribution in [-0.4, -0.2) is 29.1 Å². The van der Waals surface area contributed by atoms with Crippen LogP contribution in [0.3, 0.4) is 0 Å². The van der Waals surface area contributed by atoms with Gasteiger partial charge in [-0.2, -0.15) is 11.8 Å². The van der Waals surface area contributed by atoms with Crippen LogP contribution in [0.15, 0.2) is 0 Å². The molecule has 0 aromatic carbocycles. The Kier molecular flexibility index (Phi) is 23.3. The maximum absolute atomic E-state index is 10.1. The molecule has 3 nitrogen and oxygen atoms in total. The van der Waals surface area contributed by atoms with Crippen LogP contribution < -0.4 is 109 Å². The summed E-state index contributed by atoms with van der Waals surface area (Å²) in [5.41, 5.74) is 5.19. The molecule has 0 fully saturated rings. The average Bonchev–Trinajstić information content (AvgIpc) is 1.82. The SMILES string of the molecule is CSCC[C@H](N)C(=O)O.[H-].[H-].[K+].[K+]. The summed E-state index contributed by atoms with van der Waals surface area (Å²) >= 11 is 1.60. The van der Waals surface area contributed by atoms with Crippen molar-refractivity contribution in [2.45, 2.75) is 12.5 Å². The van der Waals surface area contributed by atoms with Crippen molar-refractivity contribution in [3.05, 3.63) is 0 Å². The molecule has 0 amide bonds. The van der Waals surface area contributed by atoms with E-state index in [1.807, 2.05) is 6.26 Å². The minimum absolute atomic E-state index is 0. The van der Waals surface area contributed by atoms with E-state index >= 15 is 0 Å². The summed E-state index contributed by atoms with van der Waals surface area (Å²) < 4.78 is 0. The Hall–Kier alpha value is 3.05. The van der Waals surface area contributed by atoms with Gasteiger partial charge < -0.3 is 13.7 Å². The molecule has 58 valence electrons. The topological polar surface area (TPSA) is 63.3 Å². The fourth-order valence-electron chi connectivity index (χ4n) is 0.368. The summed E-state index contributed by atoms with van der Waals surface area (Å²) in [5, 5.41) is 8.27. The second kappa shape index (κ2) is 13.1. The Labute approximate surface area is 159 Å². The third-order valence-electron chi connectivity index (χ3n) is 0.950. The molecule has 0 unspecified atom stereocenters. The Morgan fingerprint density at radius 3 is 2.45 bits per heavy atom. The van der Waals surface area contributed by atoms with Crippen molar-refractivity contribution in [2.24, 2.45) is 5.73 Å². The molecule has 0 saturated heterocycles. The van der Waals surface area contributed by atoms with Crippen molar-refractivity contribution < 1.29 is 116 Å². The molecular formula is C5H13K2NO2S. The van der Waals surface area contributed by atoms with Gasteiger partial charge in [0.25, 0.3) is 0 Å². The van der Waals surface area contributed by atoms with Crippen molar-refractivity contribution >= 4 is 17.7 Å². The number of carboxylic acid groups (broad SMARTS) is 1. The summed E-state index contributed by atoms with van der Waals surface area (Å²) in [7, 11) is 0. The molecule has 0 spiro atoms. The van der Waals surface area contributed by atoms with Gasteiger partial charge in [-0.25, -0.2) is 0 Å². The molecule has 6 heteroatoms. The summed E-state index contributed by atoms with van der Waals surface area (Å²) in [6.07, 6.45) is 2.48. The maximum Gasteiger partial charge on any atom is 1.00 e. The quantitative estimate of drug-likeness (QED) is 0.472. The summed E-state index contributed by atoms with van der Waals surface area (Å²) in [6.45, 7) is 0. The van der Waals surface area contributed by atoms with Gasteiger partial charge in [-0.05, 0) is 18.4 Å². The molecule has 0 saturated carbocycles. The van der Waals surface area contributed by atoms with Gasteiger partial charge in [-0.3, -0.25) is 4.79 Å². The number of hydrogen-bond acceptors (Lipinski definition) is 3. The normalized spacial score (nSPS) is 10.7. The largest absolute Gasteiger partial charge is 1.00 e. The molecule has 3 N–H and O–H groups in total. The number of rotatable bonds is 4. The van der Waals surface area contributed by atoms with Gasteiger partial charge in [0.1, 0.15) is 6.04 Å². The average molecular weight is 229 g/mol. The summed E-state index contributed by atoms with van der Waals surface area (Å²) in [4.78, 5) is 10.1. The van der Waals surface area contributed by atoms with E-state index in [-0.39, 0.29) is 106 Å². The Morgan fingerprint density at radius 2 is 2.18 bits per heavy atom. The molecule has 0 aliphatic heterocycles. The second-order valence-electron chi connectivity index (χ2n) is 1.73. The number of carbonyl (C=O) groups is 1. The summed E-state index contributed by atoms with van der Waals surface area (Å²) in [6, 6.07) is -0.683. The van der Waals surface area contributed by atoms with Crippen molar-refractivity contribution in [3.8, 4) is 0 Å². The number of carboxylic acids is 1. The van der Waals surface area contributed by atoms with Crippen LogP contribution in [0.2, 0.25) is 0 Å². The third-order valence-corrected chi connectivity index (χ3v) is 1.59. The first-order valence-electron chi connectivity index (χ1n) is 2.65. The number of nitrogens with two attached hydrogens (primary N) is 1. The molecule has 0 heterocycles. The van der Waals surface area contributed by atoms with E-state index in [1.54, 1.807) is 11.8 Å². The van der Waals surface area contributed by atoms with E-state index in [9.17, 15) is 4.79 Å². The fraction of sp³-hybridized carbons (Fsp3) is 0.800. The third kappa shape index (κ3) is 13.1. The van der Waals surface area contributed by atoms with Crippen LogP contribution in [0, 0.1) is 0 Å². The van der Waals surface area contributed by atoms with Crippen LogP contribution in [0.5, 0.6) is 0 Å². The minimum atomic E-state index is -0.913. The maximum atomic E-state index is 10.1. The monoisotopic (exact) mass is 229 g/mol. The molecule has 0 aromatic rings. The molecular weight excluding hydrogens is 216 g/mol. The predicted molar refractivity (Wildman–Crippen MR) is 40.8 cm³/mol. The number of aliphatic carboxylic acids is 1. The summed E-state index contributed by atoms with van der Waals surface area (Å²) in [5.74, 6) is -0.1000. The molecule has 1 atom stereocenters. The van der Waals surface area contributed by atoms with E-state index in [4.69, 9.17) is 10.8 Å². The van der Waals surface area contributed by atoms with Gasteiger partial charge in [0.2, 0.25) is 0 Å². The van der Waals surface area contributed by atoms with E-state index < -0.39 is 12.0 Å². The smallest absolute Gasteiger partial charge is 1.00 e. The zero-order valence-electron chi connectivity index (χ0n) is 9.33. The standard InChI is InChI=1S/C5H11NO2S.2K.2H/c1-9-3-2-4(6)5(7)8;;;;/h4H,2-3,6H2,1H3,(H,7,8);;;;/q;2*+1;2*-1/t4-;;;;/m0..../s1. The van der Waals surface area contributed by atoms with Gasteiger partial charge in [-0.15, -0.1) is 0 Å². The Morgan fingerprint density at radius 1 is 1.73 bits per heavy atom. The zero-order valence-corrected chi connectivity index (χ0v) is 14.4.